The van der Waals surface area contributed by atoms with Crippen LogP contribution >= 0.6 is 0 Å². The first kappa shape index (κ1) is 16.7. The van der Waals surface area contributed by atoms with Crippen molar-refractivity contribution in [1.82, 2.24) is 5.43 Å². The number of amides is 1. The van der Waals surface area contributed by atoms with E-state index < -0.39 is 6.04 Å². The molecule has 2 rings (SSSR count). The Morgan fingerprint density at radius 1 is 1.45 bits per heavy atom. The van der Waals surface area contributed by atoms with Crippen LogP contribution in [0.5, 0.6) is 0 Å². The van der Waals surface area contributed by atoms with Gasteiger partial charge in [-0.2, -0.15) is 0 Å². The average Bonchev–Trinajstić information content (AvgIpc) is 2.42. The van der Waals surface area contributed by atoms with Crippen molar-refractivity contribution in [1.29, 1.82) is 0 Å². The maximum Gasteiger partial charge on any atom is 0.256 e. The lowest BCUT2D eigenvalue weighted by atomic mass is 9.78. The topological polar surface area (TPSA) is 58.4 Å². The summed E-state index contributed by atoms with van der Waals surface area (Å²) in [6.07, 6.45) is 0.852. The second-order valence-electron chi connectivity index (χ2n) is 7.19. The number of hydrogen-bond donors (Lipinski definition) is 2. The fraction of sp³-hybridized carbons (Fsp3) is 0.588. The number of carbonyl (C=O) groups is 1. The minimum absolute atomic E-state index is 0.0779. The summed E-state index contributed by atoms with van der Waals surface area (Å²) >= 11 is 0. The number of benzene rings is 1. The highest BCUT2D eigenvalue weighted by molar-refractivity contribution is 5.86. The van der Waals surface area contributed by atoms with Crippen LogP contribution in [-0.4, -0.2) is 17.5 Å². The van der Waals surface area contributed by atoms with E-state index in [0.29, 0.717) is 0 Å². The number of nitrogens with zero attached hydrogens (tertiary/aromatic N) is 1. The summed E-state index contributed by atoms with van der Waals surface area (Å²) in [6, 6.07) is 4.43. The van der Waals surface area contributed by atoms with Crippen LogP contribution in [0.25, 0.3) is 0 Å². The molecule has 1 aliphatic heterocycles. The predicted octanol–water partition coefficient (Wildman–Crippen LogP) is 2.93. The molecule has 0 fully saturated rings. The molecule has 0 saturated carbocycles. The Kier molecular flexibility index (Phi) is 4.47. The van der Waals surface area contributed by atoms with E-state index in [1.54, 1.807) is 12.1 Å². The van der Waals surface area contributed by atoms with Crippen molar-refractivity contribution in [2.45, 2.75) is 58.5 Å². The molecule has 122 valence electrons. The first-order valence-corrected chi connectivity index (χ1v) is 7.78. The normalized spacial score (nSPS) is 21.5. The second kappa shape index (κ2) is 5.88. The van der Waals surface area contributed by atoms with Crippen molar-refractivity contribution in [3.63, 3.8) is 0 Å². The van der Waals surface area contributed by atoms with E-state index in [4.69, 9.17) is 5.84 Å². The summed E-state index contributed by atoms with van der Waals surface area (Å²) in [4.78, 5) is 14.5. The molecule has 2 atom stereocenters. The number of rotatable bonds is 3. The molecule has 22 heavy (non-hydrogen) atoms. The molecule has 1 aliphatic rings. The SMILES string of the molecule is CC1CC(C)(C)N(C(C(=O)NN)C(C)C)c2ccc(F)cc21. The van der Waals surface area contributed by atoms with Gasteiger partial charge in [0.25, 0.3) is 5.91 Å². The zero-order valence-electron chi connectivity index (χ0n) is 14.0. The molecule has 1 aromatic rings. The highest BCUT2D eigenvalue weighted by Crippen LogP contribution is 2.45. The number of hydrazine groups is 1. The van der Waals surface area contributed by atoms with Gasteiger partial charge < -0.3 is 4.90 Å². The van der Waals surface area contributed by atoms with Crippen LogP contribution in [0.15, 0.2) is 18.2 Å². The lowest BCUT2D eigenvalue weighted by Crippen LogP contribution is -2.61. The van der Waals surface area contributed by atoms with Crippen molar-refractivity contribution in [3.05, 3.63) is 29.6 Å². The molecule has 0 radical (unpaired) electrons. The van der Waals surface area contributed by atoms with E-state index in [-0.39, 0.29) is 29.1 Å². The number of halogens is 1. The number of anilines is 1. The van der Waals surface area contributed by atoms with Gasteiger partial charge in [0, 0.05) is 11.2 Å². The first-order chi connectivity index (χ1) is 10.2. The third-order valence-corrected chi connectivity index (χ3v) is 4.56. The Morgan fingerprint density at radius 2 is 2.09 bits per heavy atom. The van der Waals surface area contributed by atoms with Gasteiger partial charge in [-0.15, -0.1) is 0 Å². The van der Waals surface area contributed by atoms with Crippen molar-refractivity contribution < 1.29 is 9.18 Å². The standard InChI is InChI=1S/C17H26FN3O/c1-10(2)15(16(22)20-19)21-14-7-6-12(18)8-13(14)11(3)9-17(21,4)5/h6-8,10-11,15H,9,19H2,1-5H3,(H,20,22). The first-order valence-electron chi connectivity index (χ1n) is 7.78. The Morgan fingerprint density at radius 3 is 2.64 bits per heavy atom. The minimum Gasteiger partial charge on any atom is -0.354 e. The summed E-state index contributed by atoms with van der Waals surface area (Å²) in [5.74, 6) is 5.25. The molecule has 4 nitrogen and oxygen atoms in total. The summed E-state index contributed by atoms with van der Waals surface area (Å²) in [5, 5.41) is 0. The Bertz CT molecular complexity index is 571. The van der Waals surface area contributed by atoms with Crippen LogP contribution in [0.4, 0.5) is 10.1 Å². The predicted molar refractivity (Wildman–Crippen MR) is 86.9 cm³/mol. The molecule has 0 bridgehead atoms. The van der Waals surface area contributed by atoms with Gasteiger partial charge in [-0.1, -0.05) is 20.8 Å². The molecular formula is C17H26FN3O. The monoisotopic (exact) mass is 307 g/mol. The fourth-order valence-corrected chi connectivity index (χ4v) is 3.75. The van der Waals surface area contributed by atoms with E-state index in [2.05, 4.69) is 31.1 Å². The van der Waals surface area contributed by atoms with Crippen molar-refractivity contribution >= 4 is 11.6 Å². The Hall–Kier alpha value is -1.62. The number of carbonyl (C=O) groups excluding carboxylic acids is 1. The van der Waals surface area contributed by atoms with E-state index in [9.17, 15) is 9.18 Å². The Balaban J connectivity index is 2.61. The van der Waals surface area contributed by atoms with Gasteiger partial charge in [0.15, 0.2) is 0 Å². The quantitative estimate of drug-likeness (QED) is 0.513. The smallest absolute Gasteiger partial charge is 0.256 e. The highest BCUT2D eigenvalue weighted by atomic mass is 19.1. The van der Waals surface area contributed by atoms with E-state index in [1.807, 2.05) is 13.8 Å². The maximum atomic E-state index is 13.7. The molecule has 1 amide bonds. The third-order valence-electron chi connectivity index (χ3n) is 4.56. The number of nitrogens with two attached hydrogens (primary N) is 1. The van der Waals surface area contributed by atoms with Gasteiger partial charge >= 0.3 is 0 Å². The molecule has 2 unspecified atom stereocenters. The molecule has 0 saturated heterocycles. The van der Waals surface area contributed by atoms with Gasteiger partial charge in [-0.05, 0) is 55.9 Å². The van der Waals surface area contributed by atoms with Crippen molar-refractivity contribution in [2.75, 3.05) is 4.90 Å². The van der Waals surface area contributed by atoms with E-state index in [0.717, 1.165) is 17.7 Å². The van der Waals surface area contributed by atoms with E-state index in [1.165, 1.54) is 6.07 Å². The zero-order chi connectivity index (χ0) is 16.7. The number of nitrogens with one attached hydrogen (secondary N) is 1. The fourth-order valence-electron chi connectivity index (χ4n) is 3.75. The summed E-state index contributed by atoms with van der Waals surface area (Å²) < 4.78 is 13.7. The summed E-state index contributed by atoms with van der Waals surface area (Å²) in [5.41, 5.74) is 3.94. The van der Waals surface area contributed by atoms with Crippen LogP contribution in [0.1, 0.15) is 52.5 Å². The molecule has 0 aliphatic carbocycles. The second-order valence-corrected chi connectivity index (χ2v) is 7.19. The third kappa shape index (κ3) is 2.82. The Labute approximate surface area is 131 Å². The van der Waals surface area contributed by atoms with Gasteiger partial charge in [0.2, 0.25) is 0 Å². The number of fused-ring (bicyclic) bond motifs is 1. The number of hydrogen-bond acceptors (Lipinski definition) is 3. The lowest BCUT2D eigenvalue weighted by molar-refractivity contribution is -0.123. The van der Waals surface area contributed by atoms with Crippen LogP contribution in [-0.2, 0) is 4.79 Å². The molecule has 0 spiro atoms. The van der Waals surface area contributed by atoms with Gasteiger partial charge in [0.05, 0.1) is 0 Å². The highest BCUT2D eigenvalue weighted by Gasteiger charge is 2.43. The van der Waals surface area contributed by atoms with Crippen LogP contribution < -0.4 is 16.2 Å². The zero-order valence-corrected chi connectivity index (χ0v) is 14.0. The summed E-state index contributed by atoms with van der Waals surface area (Å²) in [6.45, 7) is 10.3. The van der Waals surface area contributed by atoms with Crippen LogP contribution in [0, 0.1) is 11.7 Å². The average molecular weight is 307 g/mol. The molecule has 0 aromatic heterocycles. The van der Waals surface area contributed by atoms with Crippen LogP contribution in [0.3, 0.4) is 0 Å². The van der Waals surface area contributed by atoms with Gasteiger partial charge in [-0.25, -0.2) is 10.2 Å². The largest absolute Gasteiger partial charge is 0.354 e. The molecular weight excluding hydrogens is 281 g/mol. The van der Waals surface area contributed by atoms with E-state index >= 15 is 0 Å². The van der Waals surface area contributed by atoms with Crippen molar-refractivity contribution in [3.8, 4) is 0 Å². The minimum atomic E-state index is -0.392. The van der Waals surface area contributed by atoms with Crippen molar-refractivity contribution in [2.24, 2.45) is 11.8 Å². The molecule has 1 aromatic carbocycles. The lowest BCUT2D eigenvalue weighted by Gasteiger charge is -2.51. The summed E-state index contributed by atoms with van der Waals surface area (Å²) in [7, 11) is 0. The van der Waals surface area contributed by atoms with Gasteiger partial charge in [-0.3, -0.25) is 10.2 Å². The van der Waals surface area contributed by atoms with Crippen LogP contribution in [0.2, 0.25) is 0 Å². The van der Waals surface area contributed by atoms with Gasteiger partial charge in [0.1, 0.15) is 11.9 Å². The maximum absolute atomic E-state index is 13.7. The molecule has 5 heteroatoms. The molecule has 3 N–H and O–H groups in total. The molecule has 1 heterocycles.